The highest BCUT2D eigenvalue weighted by Crippen LogP contribution is 2.18. The van der Waals surface area contributed by atoms with Crippen molar-refractivity contribution in [1.29, 1.82) is 0 Å². The Hall–Kier alpha value is -1.26. The third kappa shape index (κ3) is 4.24. The highest BCUT2D eigenvalue weighted by Gasteiger charge is 2.08. The summed E-state index contributed by atoms with van der Waals surface area (Å²) in [6.07, 6.45) is 0. The van der Waals surface area contributed by atoms with Crippen molar-refractivity contribution in [2.75, 3.05) is 38.2 Å². The van der Waals surface area contributed by atoms with Crippen molar-refractivity contribution >= 4 is 23.2 Å². The molecule has 1 aromatic rings. The molecular formula is C12H16ClNO3. The highest BCUT2D eigenvalue weighted by molar-refractivity contribution is 6.29. The van der Waals surface area contributed by atoms with E-state index in [1.165, 1.54) is 4.90 Å². The van der Waals surface area contributed by atoms with Crippen molar-refractivity contribution in [2.45, 2.75) is 0 Å². The first-order valence-electron chi connectivity index (χ1n) is 5.23. The average Bonchev–Trinajstić information content (AvgIpc) is 2.38. The number of carbonyl (C=O) groups excluding carboxylic acids is 1. The van der Waals surface area contributed by atoms with Crippen LogP contribution in [0.2, 0.25) is 0 Å². The first kappa shape index (κ1) is 13.8. The molecule has 0 fully saturated rings. The molecule has 0 atom stereocenters. The molecule has 1 aromatic carbocycles. The van der Waals surface area contributed by atoms with Gasteiger partial charge in [0.25, 0.3) is 0 Å². The fraction of sp³-hybridized carbons (Fsp3) is 0.417. The molecule has 0 saturated heterocycles. The first-order valence-corrected chi connectivity index (χ1v) is 5.76. The maximum atomic E-state index is 11.4. The smallest absolute Gasteiger partial charge is 0.241 e. The average molecular weight is 258 g/mol. The number of benzene rings is 1. The third-order valence-electron chi connectivity index (χ3n) is 2.27. The molecule has 17 heavy (non-hydrogen) atoms. The van der Waals surface area contributed by atoms with Crippen LogP contribution in [0.4, 0.5) is 5.69 Å². The minimum atomic E-state index is -0.139. The lowest BCUT2D eigenvalue weighted by atomic mass is 10.3. The fourth-order valence-corrected chi connectivity index (χ4v) is 1.42. The number of methoxy groups -OCH3 is 1. The van der Waals surface area contributed by atoms with Crippen LogP contribution < -0.4 is 9.64 Å². The van der Waals surface area contributed by atoms with E-state index in [-0.39, 0.29) is 11.8 Å². The summed E-state index contributed by atoms with van der Waals surface area (Å²) >= 11 is 5.48. The summed E-state index contributed by atoms with van der Waals surface area (Å²) in [5, 5.41) is 0. The van der Waals surface area contributed by atoms with Crippen LogP contribution >= 0.6 is 11.6 Å². The number of carbonyl (C=O) groups is 1. The molecule has 0 N–H and O–H groups in total. The number of rotatable bonds is 6. The number of amides is 1. The Labute approximate surface area is 106 Å². The van der Waals surface area contributed by atoms with Crippen molar-refractivity contribution in [1.82, 2.24) is 0 Å². The molecule has 4 nitrogen and oxygen atoms in total. The molecule has 0 bridgehead atoms. The maximum Gasteiger partial charge on any atom is 0.241 e. The standard InChI is InChI=1S/C12H16ClNO3/c1-14(12(15)9-13)10-3-5-11(6-4-10)17-8-7-16-2/h3-6H,7-9H2,1-2H3. The van der Waals surface area contributed by atoms with Gasteiger partial charge in [0.05, 0.1) is 6.61 Å². The lowest BCUT2D eigenvalue weighted by Crippen LogP contribution is -2.27. The molecule has 0 unspecified atom stereocenters. The number of halogens is 1. The predicted octanol–water partition coefficient (Wildman–Crippen LogP) is 1.91. The molecule has 1 rings (SSSR count). The van der Waals surface area contributed by atoms with Gasteiger partial charge in [0.15, 0.2) is 0 Å². The molecule has 94 valence electrons. The normalized spacial score (nSPS) is 10.1. The van der Waals surface area contributed by atoms with Gasteiger partial charge in [0.2, 0.25) is 5.91 Å². The van der Waals surface area contributed by atoms with Crippen LogP contribution in [0, 0.1) is 0 Å². The molecule has 0 aliphatic heterocycles. The zero-order chi connectivity index (χ0) is 12.7. The van der Waals surface area contributed by atoms with Gasteiger partial charge in [-0.15, -0.1) is 11.6 Å². The molecule has 0 aliphatic rings. The van der Waals surface area contributed by atoms with E-state index in [1.54, 1.807) is 14.2 Å². The van der Waals surface area contributed by atoms with Gasteiger partial charge in [-0.05, 0) is 24.3 Å². The van der Waals surface area contributed by atoms with E-state index < -0.39 is 0 Å². The van der Waals surface area contributed by atoms with E-state index >= 15 is 0 Å². The van der Waals surface area contributed by atoms with Crippen LogP contribution in [0.15, 0.2) is 24.3 Å². The fourth-order valence-electron chi connectivity index (χ4n) is 1.24. The number of ether oxygens (including phenoxy) is 2. The third-order valence-corrected chi connectivity index (χ3v) is 2.50. The Balaban J connectivity index is 2.58. The van der Waals surface area contributed by atoms with Gasteiger partial charge in [-0.3, -0.25) is 4.79 Å². The van der Waals surface area contributed by atoms with Crippen LogP contribution in [-0.2, 0) is 9.53 Å². The molecule has 1 amide bonds. The molecule has 0 saturated carbocycles. The van der Waals surface area contributed by atoms with Gasteiger partial charge >= 0.3 is 0 Å². The van der Waals surface area contributed by atoms with E-state index in [1.807, 2.05) is 24.3 Å². The number of hydrogen-bond acceptors (Lipinski definition) is 3. The second-order valence-corrected chi connectivity index (χ2v) is 3.69. The zero-order valence-electron chi connectivity index (χ0n) is 9.98. The van der Waals surface area contributed by atoms with Crippen LogP contribution in [0.25, 0.3) is 0 Å². The highest BCUT2D eigenvalue weighted by atomic mass is 35.5. The Morgan fingerprint density at radius 1 is 1.29 bits per heavy atom. The second kappa shape index (κ2) is 7.14. The number of nitrogens with zero attached hydrogens (tertiary/aromatic N) is 1. The van der Waals surface area contributed by atoms with Crippen molar-refractivity contribution in [3.05, 3.63) is 24.3 Å². The van der Waals surface area contributed by atoms with Crippen molar-refractivity contribution < 1.29 is 14.3 Å². The number of hydrogen-bond donors (Lipinski definition) is 0. The summed E-state index contributed by atoms with van der Waals surface area (Å²) in [6.45, 7) is 1.05. The van der Waals surface area contributed by atoms with Crippen LogP contribution in [0.3, 0.4) is 0 Å². The monoisotopic (exact) mass is 257 g/mol. The topological polar surface area (TPSA) is 38.8 Å². The molecule has 0 radical (unpaired) electrons. The van der Waals surface area contributed by atoms with Gasteiger partial charge in [0.1, 0.15) is 18.2 Å². The number of alkyl halides is 1. The summed E-state index contributed by atoms with van der Waals surface area (Å²) in [5.41, 5.74) is 0.787. The van der Waals surface area contributed by atoms with Gasteiger partial charge in [-0.2, -0.15) is 0 Å². The quantitative estimate of drug-likeness (QED) is 0.577. The molecule has 0 aromatic heterocycles. The minimum absolute atomic E-state index is 0.0252. The minimum Gasteiger partial charge on any atom is -0.491 e. The molecule has 0 spiro atoms. The predicted molar refractivity (Wildman–Crippen MR) is 67.9 cm³/mol. The Bertz CT molecular complexity index is 353. The van der Waals surface area contributed by atoms with E-state index in [4.69, 9.17) is 21.1 Å². The molecule has 0 heterocycles. The molecule has 0 aliphatic carbocycles. The van der Waals surface area contributed by atoms with Crippen LogP contribution in [0.5, 0.6) is 5.75 Å². The summed E-state index contributed by atoms with van der Waals surface area (Å²) < 4.78 is 10.3. The maximum absolute atomic E-state index is 11.4. The van der Waals surface area contributed by atoms with Gasteiger partial charge in [0, 0.05) is 19.8 Å². The summed E-state index contributed by atoms with van der Waals surface area (Å²) in [5.74, 6) is 0.583. The molecule has 5 heteroatoms. The van der Waals surface area contributed by atoms with E-state index in [0.29, 0.717) is 13.2 Å². The summed E-state index contributed by atoms with van der Waals surface area (Å²) in [6, 6.07) is 7.24. The van der Waals surface area contributed by atoms with Crippen LogP contribution in [-0.4, -0.2) is 39.2 Å². The lowest BCUT2D eigenvalue weighted by Gasteiger charge is -2.16. The SMILES string of the molecule is COCCOc1ccc(N(C)C(=O)CCl)cc1. The molecular weight excluding hydrogens is 242 g/mol. The number of anilines is 1. The van der Waals surface area contributed by atoms with Crippen molar-refractivity contribution in [3.63, 3.8) is 0 Å². The first-order chi connectivity index (χ1) is 8.19. The van der Waals surface area contributed by atoms with Gasteiger partial charge < -0.3 is 14.4 Å². The van der Waals surface area contributed by atoms with Gasteiger partial charge in [-0.1, -0.05) is 0 Å². The lowest BCUT2D eigenvalue weighted by molar-refractivity contribution is -0.116. The Morgan fingerprint density at radius 3 is 2.47 bits per heavy atom. The Morgan fingerprint density at radius 2 is 1.94 bits per heavy atom. The van der Waals surface area contributed by atoms with E-state index in [2.05, 4.69) is 0 Å². The second-order valence-electron chi connectivity index (χ2n) is 3.42. The van der Waals surface area contributed by atoms with Crippen LogP contribution in [0.1, 0.15) is 0 Å². The van der Waals surface area contributed by atoms with E-state index in [9.17, 15) is 4.79 Å². The summed E-state index contributed by atoms with van der Waals surface area (Å²) in [4.78, 5) is 12.9. The Kier molecular flexibility index (Phi) is 5.80. The zero-order valence-corrected chi connectivity index (χ0v) is 10.7. The summed E-state index contributed by atoms with van der Waals surface area (Å²) in [7, 11) is 3.31. The van der Waals surface area contributed by atoms with Gasteiger partial charge in [-0.25, -0.2) is 0 Å². The van der Waals surface area contributed by atoms with E-state index in [0.717, 1.165) is 11.4 Å². The van der Waals surface area contributed by atoms with Crippen molar-refractivity contribution in [2.24, 2.45) is 0 Å². The largest absolute Gasteiger partial charge is 0.491 e. The van der Waals surface area contributed by atoms with Crippen molar-refractivity contribution in [3.8, 4) is 5.75 Å².